The minimum atomic E-state index is -3.74. The predicted octanol–water partition coefficient (Wildman–Crippen LogP) is 3.88. The molecule has 0 N–H and O–H groups in total. The number of hydrogen-bond acceptors (Lipinski definition) is 4. The highest BCUT2D eigenvalue weighted by atomic mass is 35.5. The maximum atomic E-state index is 12.7. The number of nitrogens with zero attached hydrogens (tertiary/aromatic N) is 1. The van der Waals surface area contributed by atoms with Crippen LogP contribution in [-0.4, -0.2) is 38.4 Å². The molecule has 7 heteroatoms. The van der Waals surface area contributed by atoms with E-state index in [1.54, 1.807) is 13.8 Å². The number of ether oxygens (including phenoxy) is 1. The van der Waals surface area contributed by atoms with Crippen LogP contribution in [0.1, 0.15) is 43.5 Å². The van der Waals surface area contributed by atoms with Crippen molar-refractivity contribution in [1.82, 2.24) is 4.31 Å². The van der Waals surface area contributed by atoms with Crippen molar-refractivity contribution in [2.45, 2.75) is 38.0 Å². The fraction of sp³-hybridized carbons (Fsp3) is 0.500. The molecule has 0 bridgehead atoms. The van der Waals surface area contributed by atoms with Gasteiger partial charge in [0.1, 0.15) is 4.90 Å². The smallest absolute Gasteiger partial charge is 0.338 e. The minimum Gasteiger partial charge on any atom is -0.462 e. The molecule has 25 heavy (non-hydrogen) atoms. The molecule has 1 unspecified atom stereocenters. The number of sulfonamides is 1. The lowest BCUT2D eigenvalue weighted by Crippen LogP contribution is -2.31. The molecule has 1 aliphatic rings. The average molecular weight is 386 g/mol. The number of halogens is 1. The van der Waals surface area contributed by atoms with Crippen LogP contribution in [0.5, 0.6) is 0 Å². The molecule has 0 heterocycles. The van der Waals surface area contributed by atoms with E-state index in [0.717, 1.165) is 19.3 Å². The van der Waals surface area contributed by atoms with E-state index >= 15 is 0 Å². The molecule has 1 aromatic rings. The zero-order valence-electron chi connectivity index (χ0n) is 14.6. The summed E-state index contributed by atoms with van der Waals surface area (Å²) < 4.78 is 32.0. The molecule has 0 saturated carbocycles. The Kier molecular flexibility index (Phi) is 7.04. The fourth-order valence-corrected chi connectivity index (χ4v) is 4.77. The summed E-state index contributed by atoms with van der Waals surface area (Å²) >= 11 is 6.08. The van der Waals surface area contributed by atoms with Gasteiger partial charge < -0.3 is 4.74 Å². The van der Waals surface area contributed by atoms with E-state index in [2.05, 4.69) is 12.2 Å². The van der Waals surface area contributed by atoms with E-state index in [4.69, 9.17) is 16.3 Å². The third-order valence-electron chi connectivity index (χ3n) is 4.32. The Hall–Kier alpha value is -1.37. The molecule has 0 radical (unpaired) electrons. The number of carbonyl (C=O) groups excluding carboxylic acids is 1. The zero-order chi connectivity index (χ0) is 18.4. The van der Waals surface area contributed by atoms with E-state index < -0.39 is 16.0 Å². The third-order valence-corrected chi connectivity index (χ3v) is 6.85. The number of rotatable bonds is 7. The Balaban J connectivity index is 2.17. The quantitative estimate of drug-likeness (QED) is 0.527. The summed E-state index contributed by atoms with van der Waals surface area (Å²) in [6, 6.07) is 4.23. The summed E-state index contributed by atoms with van der Waals surface area (Å²) in [5.74, 6) is -0.206. The van der Waals surface area contributed by atoms with Crippen LogP contribution in [0.25, 0.3) is 0 Å². The molecular formula is C18H24ClNO4S. The zero-order valence-corrected chi connectivity index (χ0v) is 16.1. The second-order valence-electron chi connectivity index (χ2n) is 5.98. The second kappa shape index (κ2) is 8.83. The standard InChI is InChI=1S/C18H24ClNO4S/c1-3-20(4-2)25(22,23)17-12-15(10-11-16(17)19)18(21)24-13-14-8-6-5-7-9-14/h5-6,10-12,14H,3-4,7-9,13H2,1-2H3. The van der Waals surface area contributed by atoms with E-state index in [1.807, 2.05) is 0 Å². The summed E-state index contributed by atoms with van der Waals surface area (Å²) in [4.78, 5) is 12.2. The van der Waals surface area contributed by atoms with Gasteiger partial charge in [0.2, 0.25) is 10.0 Å². The lowest BCUT2D eigenvalue weighted by molar-refractivity contribution is 0.0432. The molecule has 1 aliphatic carbocycles. The summed E-state index contributed by atoms with van der Waals surface area (Å²) in [7, 11) is -3.74. The monoisotopic (exact) mass is 385 g/mol. The van der Waals surface area contributed by atoms with Gasteiger partial charge in [0.05, 0.1) is 17.2 Å². The molecule has 0 fully saturated rings. The number of benzene rings is 1. The van der Waals surface area contributed by atoms with Crippen molar-refractivity contribution in [2.75, 3.05) is 19.7 Å². The molecule has 0 spiro atoms. The Bertz CT molecular complexity index is 741. The summed E-state index contributed by atoms with van der Waals surface area (Å²) in [5, 5.41) is 0.0980. The molecule has 0 amide bonds. The van der Waals surface area contributed by atoms with Crippen LogP contribution in [-0.2, 0) is 14.8 Å². The number of hydrogen-bond donors (Lipinski definition) is 0. The van der Waals surface area contributed by atoms with Gasteiger partial charge in [-0.15, -0.1) is 0 Å². The van der Waals surface area contributed by atoms with Crippen LogP contribution >= 0.6 is 11.6 Å². The Morgan fingerprint density at radius 3 is 2.60 bits per heavy atom. The van der Waals surface area contributed by atoms with E-state index in [1.165, 1.54) is 22.5 Å². The van der Waals surface area contributed by atoms with Crippen molar-refractivity contribution in [3.8, 4) is 0 Å². The Morgan fingerprint density at radius 1 is 1.28 bits per heavy atom. The maximum absolute atomic E-state index is 12.7. The Labute approximate surface area is 154 Å². The van der Waals surface area contributed by atoms with Gasteiger partial charge in [0.25, 0.3) is 0 Å². The van der Waals surface area contributed by atoms with Gasteiger partial charge in [0, 0.05) is 13.1 Å². The van der Waals surface area contributed by atoms with Crippen molar-refractivity contribution in [3.63, 3.8) is 0 Å². The molecule has 138 valence electrons. The van der Waals surface area contributed by atoms with Crippen LogP contribution in [0.3, 0.4) is 0 Å². The largest absolute Gasteiger partial charge is 0.462 e. The van der Waals surface area contributed by atoms with Gasteiger partial charge >= 0.3 is 5.97 Å². The second-order valence-corrected chi connectivity index (χ2v) is 8.30. The molecule has 5 nitrogen and oxygen atoms in total. The summed E-state index contributed by atoms with van der Waals surface area (Å²) in [6.45, 7) is 4.51. The highest BCUT2D eigenvalue weighted by molar-refractivity contribution is 7.89. The highest BCUT2D eigenvalue weighted by Crippen LogP contribution is 2.26. The molecule has 1 atom stereocenters. The molecule has 0 saturated heterocycles. The lowest BCUT2D eigenvalue weighted by atomic mass is 9.95. The number of allylic oxidation sites excluding steroid dienone is 2. The van der Waals surface area contributed by atoms with Crippen molar-refractivity contribution in [3.05, 3.63) is 40.9 Å². The lowest BCUT2D eigenvalue weighted by Gasteiger charge is -2.20. The van der Waals surface area contributed by atoms with Crippen LogP contribution < -0.4 is 0 Å². The van der Waals surface area contributed by atoms with Crippen LogP contribution in [0, 0.1) is 5.92 Å². The number of esters is 1. The molecule has 0 aliphatic heterocycles. The first-order valence-electron chi connectivity index (χ1n) is 8.52. The molecule has 1 aromatic carbocycles. The first-order chi connectivity index (χ1) is 11.9. The van der Waals surface area contributed by atoms with Gasteiger partial charge in [-0.25, -0.2) is 13.2 Å². The van der Waals surface area contributed by atoms with E-state index in [0.29, 0.717) is 25.6 Å². The fourth-order valence-electron chi connectivity index (χ4n) is 2.82. The van der Waals surface area contributed by atoms with Crippen molar-refractivity contribution < 1.29 is 17.9 Å². The Morgan fingerprint density at radius 2 is 2.00 bits per heavy atom. The van der Waals surface area contributed by atoms with E-state index in [-0.39, 0.29) is 15.5 Å². The van der Waals surface area contributed by atoms with Crippen molar-refractivity contribution in [2.24, 2.45) is 5.92 Å². The van der Waals surface area contributed by atoms with Gasteiger partial charge in [0.15, 0.2) is 0 Å². The molecular weight excluding hydrogens is 362 g/mol. The van der Waals surface area contributed by atoms with Crippen molar-refractivity contribution in [1.29, 1.82) is 0 Å². The van der Waals surface area contributed by atoms with Crippen molar-refractivity contribution >= 4 is 27.6 Å². The minimum absolute atomic E-state index is 0.0621. The van der Waals surface area contributed by atoms with Crippen LogP contribution in [0.2, 0.25) is 5.02 Å². The topological polar surface area (TPSA) is 63.7 Å². The van der Waals surface area contributed by atoms with Crippen LogP contribution in [0.15, 0.2) is 35.2 Å². The SMILES string of the molecule is CCN(CC)S(=O)(=O)c1cc(C(=O)OCC2CC=CCC2)ccc1Cl. The molecule has 2 rings (SSSR count). The van der Waals surface area contributed by atoms with Gasteiger partial charge in [-0.05, 0) is 43.4 Å². The molecule has 0 aromatic heterocycles. The summed E-state index contributed by atoms with van der Waals surface area (Å²) in [6.07, 6.45) is 7.11. The van der Waals surface area contributed by atoms with Gasteiger partial charge in [-0.3, -0.25) is 0 Å². The van der Waals surface area contributed by atoms with Gasteiger partial charge in [-0.2, -0.15) is 4.31 Å². The first kappa shape index (κ1) is 19.9. The normalized spacial score (nSPS) is 17.7. The number of carbonyl (C=O) groups is 1. The van der Waals surface area contributed by atoms with Gasteiger partial charge in [-0.1, -0.05) is 37.6 Å². The maximum Gasteiger partial charge on any atom is 0.338 e. The summed E-state index contributed by atoms with van der Waals surface area (Å²) in [5.41, 5.74) is 0.196. The van der Waals surface area contributed by atoms with Crippen LogP contribution in [0.4, 0.5) is 0 Å². The highest BCUT2D eigenvalue weighted by Gasteiger charge is 2.26. The average Bonchev–Trinajstić information content (AvgIpc) is 2.61. The van der Waals surface area contributed by atoms with E-state index in [9.17, 15) is 13.2 Å². The third kappa shape index (κ3) is 4.84. The predicted molar refractivity (Wildman–Crippen MR) is 98.3 cm³/mol. The first-order valence-corrected chi connectivity index (χ1v) is 10.3.